The van der Waals surface area contributed by atoms with Crippen molar-refractivity contribution >= 4 is 11.9 Å². The number of hydrogen-bond donors (Lipinski definition) is 0. The molecule has 2 aromatic rings. The molecule has 2 aliphatic carbocycles. The van der Waals surface area contributed by atoms with E-state index in [4.69, 9.17) is 4.74 Å². The van der Waals surface area contributed by atoms with Gasteiger partial charge < -0.3 is 14.2 Å². The van der Waals surface area contributed by atoms with Crippen molar-refractivity contribution in [1.29, 1.82) is 0 Å². The van der Waals surface area contributed by atoms with Crippen molar-refractivity contribution in [3.63, 3.8) is 0 Å². The Balaban J connectivity index is 1.42. The highest BCUT2D eigenvalue weighted by molar-refractivity contribution is 5.92. The molecule has 0 radical (unpaired) electrons. The summed E-state index contributed by atoms with van der Waals surface area (Å²) in [5.74, 6) is 0.0190. The molecule has 1 aromatic carbocycles. The third kappa shape index (κ3) is 4.39. The van der Waals surface area contributed by atoms with Crippen LogP contribution in [0.15, 0.2) is 36.4 Å². The van der Waals surface area contributed by atoms with Gasteiger partial charge >= 0.3 is 5.97 Å². The summed E-state index contributed by atoms with van der Waals surface area (Å²) >= 11 is 0. The highest BCUT2D eigenvalue weighted by atomic mass is 16.5. The molecule has 1 unspecified atom stereocenters. The number of carbonyl (C=O) groups excluding carboxylic acids is 2. The molecule has 0 N–H and O–H groups in total. The van der Waals surface area contributed by atoms with Gasteiger partial charge in [-0.2, -0.15) is 0 Å². The number of ether oxygens (including phenoxy) is 1. The van der Waals surface area contributed by atoms with Gasteiger partial charge in [-0.15, -0.1) is 0 Å². The van der Waals surface area contributed by atoms with Gasteiger partial charge in [-0.05, 0) is 64.0 Å². The summed E-state index contributed by atoms with van der Waals surface area (Å²) in [6.45, 7) is 6.41. The molecular formula is C24H30N2O3. The fourth-order valence-electron chi connectivity index (χ4n) is 4.24. The number of carbonyl (C=O) groups is 2. The first-order valence-electron chi connectivity index (χ1n) is 10.6. The minimum Gasteiger partial charge on any atom is -0.452 e. The van der Waals surface area contributed by atoms with Crippen molar-refractivity contribution in [2.24, 2.45) is 5.92 Å². The highest BCUT2D eigenvalue weighted by Gasteiger charge is 2.35. The largest absolute Gasteiger partial charge is 0.452 e. The molecule has 5 heteroatoms. The number of benzene rings is 1. The summed E-state index contributed by atoms with van der Waals surface area (Å²) < 4.78 is 7.68. The zero-order valence-electron chi connectivity index (χ0n) is 17.6. The summed E-state index contributed by atoms with van der Waals surface area (Å²) in [5.41, 5.74) is 3.69. The van der Waals surface area contributed by atoms with Crippen LogP contribution in [0.5, 0.6) is 0 Å². The predicted molar refractivity (Wildman–Crippen MR) is 112 cm³/mol. The van der Waals surface area contributed by atoms with E-state index in [9.17, 15) is 9.59 Å². The molecule has 2 aliphatic rings. The fourth-order valence-corrected chi connectivity index (χ4v) is 4.24. The van der Waals surface area contributed by atoms with Crippen LogP contribution < -0.4 is 0 Å². The molecule has 1 atom stereocenters. The lowest BCUT2D eigenvalue weighted by Gasteiger charge is -2.29. The number of rotatable bonds is 8. The van der Waals surface area contributed by atoms with Gasteiger partial charge in [0.1, 0.15) is 0 Å². The Hall–Kier alpha value is -2.56. The van der Waals surface area contributed by atoms with Crippen LogP contribution in [-0.4, -0.2) is 34.0 Å². The number of aromatic nitrogens is 1. The average Bonchev–Trinajstić information content (AvgIpc) is 3.63. The second kappa shape index (κ2) is 8.05. The number of aryl methyl sites for hydroxylation is 1. The molecule has 0 bridgehead atoms. The second-order valence-corrected chi connectivity index (χ2v) is 8.55. The smallest absolute Gasteiger partial charge is 0.340 e. The van der Waals surface area contributed by atoms with Crippen molar-refractivity contribution in [1.82, 2.24) is 9.47 Å². The van der Waals surface area contributed by atoms with Gasteiger partial charge in [0.25, 0.3) is 5.91 Å². The number of esters is 1. The van der Waals surface area contributed by atoms with Crippen molar-refractivity contribution in [2.75, 3.05) is 6.61 Å². The minimum atomic E-state index is -0.405. The van der Waals surface area contributed by atoms with Gasteiger partial charge in [0.2, 0.25) is 0 Å². The maximum atomic E-state index is 13.0. The fraction of sp³-hybridized carbons (Fsp3) is 0.500. The van der Waals surface area contributed by atoms with Gasteiger partial charge in [-0.1, -0.05) is 30.3 Å². The lowest BCUT2D eigenvalue weighted by Crippen LogP contribution is -2.41. The van der Waals surface area contributed by atoms with E-state index in [1.807, 2.05) is 55.1 Å². The molecule has 0 saturated heterocycles. The van der Waals surface area contributed by atoms with E-state index in [1.54, 1.807) is 0 Å². The molecule has 1 aromatic heterocycles. The maximum absolute atomic E-state index is 13.0. The Labute approximate surface area is 172 Å². The molecule has 2 fully saturated rings. The van der Waals surface area contributed by atoms with E-state index < -0.39 is 5.97 Å². The van der Waals surface area contributed by atoms with E-state index in [-0.39, 0.29) is 18.6 Å². The van der Waals surface area contributed by atoms with Crippen LogP contribution in [0.1, 0.15) is 66.0 Å². The first kappa shape index (κ1) is 19.7. The quantitative estimate of drug-likeness (QED) is 0.623. The van der Waals surface area contributed by atoms with E-state index in [0.29, 0.717) is 24.1 Å². The predicted octanol–water partition coefficient (Wildman–Crippen LogP) is 4.42. The summed E-state index contributed by atoms with van der Waals surface area (Å²) in [5, 5.41) is 0. The Morgan fingerprint density at radius 3 is 2.45 bits per heavy atom. The summed E-state index contributed by atoms with van der Waals surface area (Å²) in [7, 11) is 0. The summed E-state index contributed by atoms with van der Waals surface area (Å²) in [6, 6.07) is 12.5. The summed E-state index contributed by atoms with van der Waals surface area (Å²) in [6.07, 6.45) is 4.65. The zero-order valence-corrected chi connectivity index (χ0v) is 17.6. The van der Waals surface area contributed by atoms with E-state index in [1.165, 1.54) is 0 Å². The minimum absolute atomic E-state index is 0.127. The third-order valence-corrected chi connectivity index (χ3v) is 6.25. The highest BCUT2D eigenvalue weighted by Crippen LogP contribution is 2.38. The standard InChI is InChI=1S/C24H30N2O3/c1-16-13-22(18(3)26(16)21-11-12-21)24(28)29-15-23(27)25(17(2)20-9-10-20)14-19-7-5-4-6-8-19/h4-8,13,17,20-21H,9-12,14-15H2,1-3H3. The molecule has 2 saturated carbocycles. The number of nitrogens with zero attached hydrogens (tertiary/aromatic N) is 2. The first-order chi connectivity index (χ1) is 14.0. The van der Waals surface area contributed by atoms with Crippen LogP contribution in [-0.2, 0) is 16.1 Å². The monoisotopic (exact) mass is 394 g/mol. The van der Waals surface area contributed by atoms with Crippen molar-refractivity contribution in [3.8, 4) is 0 Å². The SMILES string of the molecule is Cc1cc(C(=O)OCC(=O)N(Cc2ccccc2)C(C)C2CC2)c(C)n1C1CC1. The van der Waals surface area contributed by atoms with Crippen LogP contribution >= 0.6 is 0 Å². The van der Waals surface area contributed by atoms with Crippen LogP contribution in [0.25, 0.3) is 0 Å². The Bertz CT molecular complexity index is 894. The van der Waals surface area contributed by atoms with Gasteiger partial charge in [0.15, 0.2) is 6.61 Å². The Morgan fingerprint density at radius 2 is 1.83 bits per heavy atom. The third-order valence-electron chi connectivity index (χ3n) is 6.25. The summed E-state index contributed by atoms with van der Waals surface area (Å²) in [4.78, 5) is 27.5. The topological polar surface area (TPSA) is 51.5 Å². The van der Waals surface area contributed by atoms with Crippen molar-refractivity contribution < 1.29 is 14.3 Å². The molecule has 29 heavy (non-hydrogen) atoms. The molecule has 4 rings (SSSR count). The van der Waals surface area contributed by atoms with Crippen molar-refractivity contribution in [3.05, 3.63) is 58.9 Å². The van der Waals surface area contributed by atoms with Gasteiger partial charge in [0, 0.05) is 30.0 Å². The molecule has 1 heterocycles. The second-order valence-electron chi connectivity index (χ2n) is 8.55. The average molecular weight is 395 g/mol. The van der Waals surface area contributed by atoms with E-state index >= 15 is 0 Å². The van der Waals surface area contributed by atoms with Gasteiger partial charge in [0.05, 0.1) is 5.56 Å². The van der Waals surface area contributed by atoms with Crippen LogP contribution in [0.2, 0.25) is 0 Å². The van der Waals surface area contributed by atoms with E-state index in [0.717, 1.165) is 42.6 Å². The lowest BCUT2D eigenvalue weighted by molar-refractivity contribution is -0.137. The van der Waals surface area contributed by atoms with E-state index in [2.05, 4.69) is 11.5 Å². The van der Waals surface area contributed by atoms with Gasteiger partial charge in [-0.3, -0.25) is 4.79 Å². The molecule has 1 amide bonds. The normalized spacial score (nSPS) is 17.1. The van der Waals surface area contributed by atoms with Crippen LogP contribution in [0.4, 0.5) is 0 Å². The van der Waals surface area contributed by atoms with Crippen molar-refractivity contribution in [2.45, 2.75) is 65.1 Å². The van der Waals surface area contributed by atoms with Crippen LogP contribution in [0, 0.1) is 19.8 Å². The zero-order chi connectivity index (χ0) is 20.5. The molecule has 0 aliphatic heterocycles. The van der Waals surface area contributed by atoms with Gasteiger partial charge in [-0.25, -0.2) is 4.79 Å². The Morgan fingerprint density at radius 1 is 1.14 bits per heavy atom. The molecule has 0 spiro atoms. The molecule has 5 nitrogen and oxygen atoms in total. The molecular weight excluding hydrogens is 364 g/mol. The first-order valence-corrected chi connectivity index (χ1v) is 10.6. The molecule has 154 valence electrons. The Kier molecular flexibility index (Phi) is 5.48. The number of amides is 1. The maximum Gasteiger partial charge on any atom is 0.340 e. The lowest BCUT2D eigenvalue weighted by atomic mass is 10.1. The number of hydrogen-bond acceptors (Lipinski definition) is 3. The van der Waals surface area contributed by atoms with Crippen LogP contribution in [0.3, 0.4) is 0 Å².